The standard InChI is InChI=1S/C16H15N3O3/c1-9-3-6-13(10(2)7-9)19-15(17-18-16(19)22)12-5-4-11(20)8-14(12)21/h3-8,20-21H,1-2H3,(H,18,22). The number of phenolic OH excluding ortho intramolecular Hbond substituents is 2. The van der Waals surface area contributed by atoms with Crippen molar-refractivity contribution in [1.82, 2.24) is 14.8 Å². The van der Waals surface area contributed by atoms with Gasteiger partial charge in [0, 0.05) is 6.07 Å². The van der Waals surface area contributed by atoms with Crippen LogP contribution in [-0.4, -0.2) is 25.0 Å². The number of phenols is 2. The summed E-state index contributed by atoms with van der Waals surface area (Å²) in [5.41, 5.74) is 2.66. The number of nitrogens with zero attached hydrogens (tertiary/aromatic N) is 2. The van der Waals surface area contributed by atoms with Crippen LogP contribution in [0.1, 0.15) is 11.1 Å². The Hall–Kier alpha value is -3.02. The van der Waals surface area contributed by atoms with Crippen molar-refractivity contribution in [2.75, 3.05) is 0 Å². The fourth-order valence-electron chi connectivity index (χ4n) is 2.47. The van der Waals surface area contributed by atoms with Gasteiger partial charge >= 0.3 is 5.69 Å². The van der Waals surface area contributed by atoms with Crippen molar-refractivity contribution < 1.29 is 10.2 Å². The van der Waals surface area contributed by atoms with E-state index >= 15 is 0 Å². The molecule has 6 heteroatoms. The Bertz CT molecular complexity index is 909. The average Bonchev–Trinajstić information content (AvgIpc) is 2.81. The first-order valence-electron chi connectivity index (χ1n) is 6.75. The number of aromatic amines is 1. The van der Waals surface area contributed by atoms with E-state index in [0.717, 1.165) is 11.1 Å². The van der Waals surface area contributed by atoms with Gasteiger partial charge in [-0.3, -0.25) is 0 Å². The molecule has 0 aliphatic rings. The van der Waals surface area contributed by atoms with Gasteiger partial charge in [-0.1, -0.05) is 17.7 Å². The van der Waals surface area contributed by atoms with Crippen LogP contribution < -0.4 is 5.69 Å². The van der Waals surface area contributed by atoms with Gasteiger partial charge in [-0.05, 0) is 37.6 Å². The van der Waals surface area contributed by atoms with E-state index in [0.29, 0.717) is 11.3 Å². The normalized spacial score (nSPS) is 10.8. The molecule has 0 saturated heterocycles. The number of hydrogen-bond acceptors (Lipinski definition) is 4. The Labute approximate surface area is 126 Å². The second-order valence-corrected chi connectivity index (χ2v) is 5.18. The zero-order valence-corrected chi connectivity index (χ0v) is 12.2. The molecule has 0 spiro atoms. The number of hydrogen-bond donors (Lipinski definition) is 3. The van der Waals surface area contributed by atoms with Crippen LogP contribution in [0, 0.1) is 13.8 Å². The lowest BCUT2D eigenvalue weighted by Crippen LogP contribution is -2.16. The summed E-state index contributed by atoms with van der Waals surface area (Å²) in [6, 6.07) is 9.86. The molecule has 0 saturated carbocycles. The van der Waals surface area contributed by atoms with Crippen LogP contribution >= 0.6 is 0 Å². The van der Waals surface area contributed by atoms with E-state index in [1.807, 2.05) is 32.0 Å². The van der Waals surface area contributed by atoms with Crippen LogP contribution in [-0.2, 0) is 0 Å². The van der Waals surface area contributed by atoms with Gasteiger partial charge in [0.05, 0.1) is 11.3 Å². The number of rotatable bonds is 2. The van der Waals surface area contributed by atoms with E-state index in [-0.39, 0.29) is 17.3 Å². The first kappa shape index (κ1) is 13.9. The molecule has 0 atom stereocenters. The summed E-state index contributed by atoms with van der Waals surface area (Å²) in [7, 11) is 0. The molecule has 22 heavy (non-hydrogen) atoms. The molecule has 0 radical (unpaired) electrons. The Balaban J connectivity index is 2.26. The van der Waals surface area contributed by atoms with Gasteiger partial charge < -0.3 is 10.2 Å². The van der Waals surface area contributed by atoms with Crippen molar-refractivity contribution in [2.45, 2.75) is 13.8 Å². The number of benzene rings is 2. The number of aryl methyl sites for hydroxylation is 2. The molecule has 3 N–H and O–H groups in total. The molecule has 0 aliphatic carbocycles. The van der Waals surface area contributed by atoms with Crippen molar-refractivity contribution in [2.24, 2.45) is 0 Å². The zero-order valence-electron chi connectivity index (χ0n) is 12.2. The SMILES string of the molecule is Cc1ccc(-n2c(-c3ccc(O)cc3O)n[nH]c2=O)c(C)c1. The molecule has 1 aromatic heterocycles. The van der Waals surface area contributed by atoms with Crippen molar-refractivity contribution >= 4 is 0 Å². The van der Waals surface area contributed by atoms with E-state index in [9.17, 15) is 15.0 Å². The smallest absolute Gasteiger partial charge is 0.348 e. The highest BCUT2D eigenvalue weighted by Gasteiger charge is 2.17. The molecule has 3 aromatic rings. The van der Waals surface area contributed by atoms with Crippen LogP contribution in [0.5, 0.6) is 11.5 Å². The molecular weight excluding hydrogens is 282 g/mol. The molecule has 0 aliphatic heterocycles. The van der Waals surface area contributed by atoms with E-state index in [1.54, 1.807) is 0 Å². The molecule has 2 aromatic carbocycles. The Morgan fingerprint density at radius 3 is 2.55 bits per heavy atom. The fraction of sp³-hybridized carbons (Fsp3) is 0.125. The van der Waals surface area contributed by atoms with Gasteiger partial charge in [0.1, 0.15) is 11.5 Å². The first-order chi connectivity index (χ1) is 10.5. The minimum atomic E-state index is -0.394. The Morgan fingerprint density at radius 2 is 1.86 bits per heavy atom. The van der Waals surface area contributed by atoms with Gasteiger partial charge in [0.15, 0.2) is 5.82 Å². The molecule has 0 bridgehead atoms. The highest BCUT2D eigenvalue weighted by molar-refractivity contribution is 5.67. The van der Waals surface area contributed by atoms with Gasteiger partial charge in [-0.15, -0.1) is 0 Å². The number of H-pyrrole nitrogens is 1. The van der Waals surface area contributed by atoms with Gasteiger partial charge in [-0.2, -0.15) is 5.10 Å². The summed E-state index contributed by atoms with van der Waals surface area (Å²) in [5.74, 6) is 0.0802. The topological polar surface area (TPSA) is 91.1 Å². The maximum atomic E-state index is 12.1. The van der Waals surface area contributed by atoms with Gasteiger partial charge in [-0.25, -0.2) is 14.5 Å². The first-order valence-corrected chi connectivity index (χ1v) is 6.75. The lowest BCUT2D eigenvalue weighted by Gasteiger charge is -2.10. The molecule has 6 nitrogen and oxygen atoms in total. The summed E-state index contributed by atoms with van der Waals surface area (Å²) < 4.78 is 1.40. The van der Waals surface area contributed by atoms with Crippen molar-refractivity contribution in [3.05, 3.63) is 58.0 Å². The second-order valence-electron chi connectivity index (χ2n) is 5.18. The fourth-order valence-corrected chi connectivity index (χ4v) is 2.47. The monoisotopic (exact) mass is 297 g/mol. The van der Waals surface area contributed by atoms with Crippen LogP contribution in [0.3, 0.4) is 0 Å². The minimum Gasteiger partial charge on any atom is -0.508 e. The van der Waals surface area contributed by atoms with Crippen LogP contribution in [0.4, 0.5) is 0 Å². The largest absolute Gasteiger partial charge is 0.508 e. The highest BCUT2D eigenvalue weighted by atomic mass is 16.3. The highest BCUT2D eigenvalue weighted by Crippen LogP contribution is 2.31. The number of nitrogens with one attached hydrogen (secondary N) is 1. The van der Waals surface area contributed by atoms with E-state index in [1.165, 1.54) is 22.8 Å². The predicted molar refractivity (Wildman–Crippen MR) is 82.4 cm³/mol. The number of aromatic nitrogens is 3. The van der Waals surface area contributed by atoms with Crippen LogP contribution in [0.2, 0.25) is 0 Å². The molecule has 0 amide bonds. The summed E-state index contributed by atoms with van der Waals surface area (Å²) in [4.78, 5) is 12.1. The summed E-state index contributed by atoms with van der Waals surface area (Å²) in [6.07, 6.45) is 0. The molecular formula is C16H15N3O3. The van der Waals surface area contributed by atoms with Crippen LogP contribution in [0.15, 0.2) is 41.2 Å². The molecule has 0 unspecified atom stereocenters. The van der Waals surface area contributed by atoms with Crippen LogP contribution in [0.25, 0.3) is 17.1 Å². The minimum absolute atomic E-state index is 0.0581. The van der Waals surface area contributed by atoms with Crippen molar-refractivity contribution in [1.29, 1.82) is 0 Å². The Kier molecular flexibility index (Phi) is 3.21. The van der Waals surface area contributed by atoms with Crippen molar-refractivity contribution in [3.63, 3.8) is 0 Å². The summed E-state index contributed by atoms with van der Waals surface area (Å²) in [6.45, 7) is 3.88. The number of aromatic hydroxyl groups is 2. The van der Waals surface area contributed by atoms with E-state index in [2.05, 4.69) is 10.2 Å². The molecule has 0 fully saturated rings. The zero-order chi connectivity index (χ0) is 15.9. The van der Waals surface area contributed by atoms with Gasteiger partial charge in [0.2, 0.25) is 0 Å². The molecule has 112 valence electrons. The summed E-state index contributed by atoms with van der Waals surface area (Å²) >= 11 is 0. The third kappa shape index (κ3) is 2.24. The predicted octanol–water partition coefficient (Wildman–Crippen LogP) is 2.26. The molecule has 3 rings (SSSR count). The average molecular weight is 297 g/mol. The second kappa shape index (κ2) is 5.07. The quantitative estimate of drug-likeness (QED) is 0.676. The lowest BCUT2D eigenvalue weighted by molar-refractivity contribution is 0.451. The third-order valence-corrected chi connectivity index (χ3v) is 3.49. The van der Waals surface area contributed by atoms with Crippen molar-refractivity contribution in [3.8, 4) is 28.6 Å². The molecule has 1 heterocycles. The van der Waals surface area contributed by atoms with E-state index < -0.39 is 5.69 Å². The Morgan fingerprint density at radius 1 is 1.09 bits per heavy atom. The lowest BCUT2D eigenvalue weighted by atomic mass is 10.1. The van der Waals surface area contributed by atoms with E-state index in [4.69, 9.17) is 0 Å². The van der Waals surface area contributed by atoms with Gasteiger partial charge in [0.25, 0.3) is 0 Å². The summed E-state index contributed by atoms with van der Waals surface area (Å²) in [5, 5.41) is 25.8. The maximum absolute atomic E-state index is 12.1. The maximum Gasteiger partial charge on any atom is 0.348 e. The third-order valence-electron chi connectivity index (χ3n) is 3.49.